The lowest BCUT2D eigenvalue weighted by Gasteiger charge is -2.46. The highest BCUT2D eigenvalue weighted by Crippen LogP contribution is 2.53. The molecule has 0 fully saturated rings. The molecule has 1 nitrogen and oxygen atoms in total. The van der Waals surface area contributed by atoms with Crippen LogP contribution in [0.5, 0.6) is 0 Å². The van der Waals surface area contributed by atoms with Gasteiger partial charge in [0.15, 0.2) is 8.07 Å². The van der Waals surface area contributed by atoms with Gasteiger partial charge in [0, 0.05) is 28.5 Å². The van der Waals surface area contributed by atoms with Crippen molar-refractivity contribution in [1.29, 1.82) is 0 Å². The van der Waals surface area contributed by atoms with Crippen molar-refractivity contribution in [3.05, 3.63) is 193 Å². The molecule has 0 radical (unpaired) electrons. The Labute approximate surface area is 295 Å². The summed E-state index contributed by atoms with van der Waals surface area (Å²) in [5.41, 5.74) is 6.11. The fraction of sp³-hybridized carbons (Fsp3) is 0.0667. The summed E-state index contributed by atoms with van der Waals surface area (Å²) >= 11 is 6.90. The standard InChI is InChI=1S/C45H36NPSSi/c1-45(2)37-24-12-15-27-41(37)47(48,34-18-6-3-7-19-34)42-31-30-33(32-38(42)45)46-39-25-13-16-28-43(39)49(35-20-8-4-9-21-35,36-22-10-5-11-23-36)44-29-17-14-26-40(44)46/h3-32H,1-2H3. The second-order valence-corrected chi connectivity index (χ2v) is 21.7. The van der Waals surface area contributed by atoms with Crippen LogP contribution in [-0.2, 0) is 17.2 Å². The van der Waals surface area contributed by atoms with Gasteiger partial charge >= 0.3 is 0 Å². The van der Waals surface area contributed by atoms with Crippen LogP contribution in [0.3, 0.4) is 0 Å². The number of hydrogen-bond acceptors (Lipinski definition) is 2. The minimum atomic E-state index is -2.68. The van der Waals surface area contributed by atoms with Crippen molar-refractivity contribution in [3.8, 4) is 0 Å². The van der Waals surface area contributed by atoms with Crippen LogP contribution >= 0.6 is 6.04 Å². The van der Waals surface area contributed by atoms with Gasteiger partial charge in [0.05, 0.1) is 0 Å². The Bertz CT molecular complexity index is 2320. The van der Waals surface area contributed by atoms with Gasteiger partial charge in [-0.2, -0.15) is 0 Å². The zero-order valence-electron chi connectivity index (χ0n) is 27.6. The highest BCUT2D eigenvalue weighted by molar-refractivity contribution is 8.25. The first-order valence-electron chi connectivity index (χ1n) is 17.0. The van der Waals surface area contributed by atoms with E-state index in [2.05, 4.69) is 201 Å². The molecule has 4 heteroatoms. The van der Waals surface area contributed by atoms with E-state index in [1.165, 1.54) is 64.8 Å². The quantitative estimate of drug-likeness (QED) is 0.142. The number of para-hydroxylation sites is 2. The van der Waals surface area contributed by atoms with E-state index < -0.39 is 14.1 Å². The Hall–Kier alpha value is -4.79. The van der Waals surface area contributed by atoms with Crippen molar-refractivity contribution in [2.24, 2.45) is 0 Å². The lowest BCUT2D eigenvalue weighted by molar-refractivity contribution is 0.647. The van der Waals surface area contributed by atoms with Crippen molar-refractivity contribution in [2.75, 3.05) is 4.90 Å². The van der Waals surface area contributed by atoms with Crippen LogP contribution < -0.4 is 41.6 Å². The van der Waals surface area contributed by atoms with E-state index in [0.717, 1.165) is 0 Å². The maximum atomic E-state index is 6.90. The molecule has 0 bridgehead atoms. The number of anilines is 3. The molecule has 0 saturated heterocycles. The Morgan fingerprint density at radius 2 is 0.959 bits per heavy atom. The molecule has 49 heavy (non-hydrogen) atoms. The first kappa shape index (κ1) is 30.3. The summed E-state index contributed by atoms with van der Waals surface area (Å²) in [4.78, 5) is 2.52. The van der Waals surface area contributed by atoms with Crippen molar-refractivity contribution in [3.63, 3.8) is 0 Å². The average Bonchev–Trinajstić information content (AvgIpc) is 3.17. The van der Waals surface area contributed by atoms with Crippen LogP contribution in [0.25, 0.3) is 0 Å². The molecule has 0 aromatic heterocycles. The lowest BCUT2D eigenvalue weighted by atomic mass is 9.77. The molecule has 9 rings (SSSR count). The van der Waals surface area contributed by atoms with Crippen LogP contribution in [0.15, 0.2) is 182 Å². The first-order chi connectivity index (χ1) is 24.0. The van der Waals surface area contributed by atoms with Crippen molar-refractivity contribution in [2.45, 2.75) is 19.3 Å². The summed E-state index contributed by atoms with van der Waals surface area (Å²) < 4.78 is 0. The van der Waals surface area contributed by atoms with E-state index in [0.29, 0.717) is 0 Å². The van der Waals surface area contributed by atoms with E-state index >= 15 is 0 Å². The number of fused-ring (bicyclic) bond motifs is 4. The topological polar surface area (TPSA) is 3.24 Å². The maximum absolute atomic E-state index is 6.90. The molecule has 0 aliphatic carbocycles. The third-order valence-corrected chi connectivity index (χ3v) is 20.6. The van der Waals surface area contributed by atoms with Crippen LogP contribution in [0, 0.1) is 0 Å². The van der Waals surface area contributed by atoms with Gasteiger partial charge in [-0.25, -0.2) is 0 Å². The summed E-state index contributed by atoms with van der Waals surface area (Å²) in [7, 11) is -2.68. The second-order valence-electron chi connectivity index (χ2n) is 13.6. The van der Waals surface area contributed by atoms with E-state index in [4.69, 9.17) is 11.8 Å². The highest BCUT2D eigenvalue weighted by Gasteiger charge is 2.49. The van der Waals surface area contributed by atoms with Gasteiger partial charge in [0.25, 0.3) is 0 Å². The first-order valence-corrected chi connectivity index (χ1v) is 21.8. The molecule has 236 valence electrons. The number of benzene rings is 7. The molecule has 0 N–H and O–H groups in total. The molecule has 0 saturated carbocycles. The Morgan fingerprint density at radius 3 is 1.55 bits per heavy atom. The lowest BCUT2D eigenvalue weighted by Crippen LogP contribution is -2.77. The zero-order valence-corrected chi connectivity index (χ0v) is 30.3. The Balaban J connectivity index is 1.33. The molecule has 1 atom stereocenters. The minimum Gasteiger partial charge on any atom is -0.311 e. The van der Waals surface area contributed by atoms with Crippen LogP contribution in [0.1, 0.15) is 25.0 Å². The predicted octanol–water partition coefficient (Wildman–Crippen LogP) is 7.24. The maximum Gasteiger partial charge on any atom is 0.184 e. The molecule has 2 aliphatic heterocycles. The zero-order chi connectivity index (χ0) is 33.2. The molecule has 7 aromatic rings. The van der Waals surface area contributed by atoms with Gasteiger partial charge in [0.2, 0.25) is 0 Å². The van der Waals surface area contributed by atoms with E-state index in [9.17, 15) is 0 Å². The smallest absolute Gasteiger partial charge is 0.184 e. The summed E-state index contributed by atoms with van der Waals surface area (Å²) in [6, 6.07) is 65.3. The summed E-state index contributed by atoms with van der Waals surface area (Å²) in [5, 5.41) is 9.47. The molecular weight excluding hydrogens is 646 g/mol. The van der Waals surface area contributed by atoms with Gasteiger partial charge in [-0.15, -0.1) is 0 Å². The normalized spacial score (nSPS) is 18.0. The second kappa shape index (κ2) is 11.4. The number of hydrogen-bond donors (Lipinski definition) is 0. The van der Waals surface area contributed by atoms with Crippen LogP contribution in [0.2, 0.25) is 0 Å². The van der Waals surface area contributed by atoms with Gasteiger partial charge in [-0.3, -0.25) is 0 Å². The Kier molecular flexibility index (Phi) is 7.04. The molecule has 0 amide bonds. The number of rotatable bonds is 4. The average molecular weight is 682 g/mol. The van der Waals surface area contributed by atoms with Gasteiger partial charge < -0.3 is 4.90 Å². The molecule has 0 spiro atoms. The summed E-state index contributed by atoms with van der Waals surface area (Å²) in [6.45, 7) is 4.75. The summed E-state index contributed by atoms with van der Waals surface area (Å²) in [5.74, 6) is 0. The molecule has 7 aromatic carbocycles. The van der Waals surface area contributed by atoms with Gasteiger partial charge in [0.1, 0.15) is 0 Å². The van der Waals surface area contributed by atoms with Crippen molar-refractivity contribution >= 4 is 79.6 Å². The van der Waals surface area contributed by atoms with Crippen LogP contribution in [0.4, 0.5) is 17.1 Å². The SMILES string of the molecule is CC1(C)c2ccccc2P(=S)(c2ccccc2)c2ccc(N3c4ccccc4[Si](c4ccccc4)(c4ccccc4)c4ccccc43)cc21. The van der Waals surface area contributed by atoms with Crippen molar-refractivity contribution < 1.29 is 0 Å². The van der Waals surface area contributed by atoms with E-state index in [1.54, 1.807) is 0 Å². The van der Waals surface area contributed by atoms with Gasteiger partial charge in [-0.05, 0) is 72.1 Å². The third kappa shape index (κ3) is 4.26. The molecule has 2 heterocycles. The predicted molar refractivity (Wildman–Crippen MR) is 216 cm³/mol. The monoisotopic (exact) mass is 681 g/mol. The fourth-order valence-electron chi connectivity index (χ4n) is 8.60. The third-order valence-electron chi connectivity index (χ3n) is 10.8. The van der Waals surface area contributed by atoms with Crippen molar-refractivity contribution in [1.82, 2.24) is 0 Å². The van der Waals surface area contributed by atoms with E-state index in [-0.39, 0.29) is 5.41 Å². The largest absolute Gasteiger partial charge is 0.311 e. The van der Waals surface area contributed by atoms with Crippen LogP contribution in [-0.4, -0.2) is 8.07 Å². The van der Waals surface area contributed by atoms with E-state index in [1.807, 2.05) is 0 Å². The molecule has 2 aliphatic rings. The Morgan fingerprint density at radius 1 is 0.490 bits per heavy atom. The minimum absolute atomic E-state index is 0.222. The number of nitrogens with zero attached hydrogens (tertiary/aromatic N) is 1. The fourth-order valence-corrected chi connectivity index (χ4v) is 18.4. The van der Waals surface area contributed by atoms with Gasteiger partial charge in [-0.1, -0.05) is 183 Å². The highest BCUT2D eigenvalue weighted by atomic mass is 32.4. The molecule has 1 unspecified atom stereocenters. The molecular formula is C45H36NPSSi. The summed E-state index contributed by atoms with van der Waals surface area (Å²) in [6.07, 6.45) is 0.